The molecule has 4 nitrogen and oxygen atoms in total. The number of benzene rings is 1. The molecule has 0 amide bonds. The van der Waals surface area contributed by atoms with Gasteiger partial charge in [0.25, 0.3) is 0 Å². The molecule has 16 heavy (non-hydrogen) atoms. The highest BCUT2D eigenvalue weighted by Gasteiger charge is 2.11. The average molecular weight is 239 g/mol. The Morgan fingerprint density at radius 3 is 2.38 bits per heavy atom. The second-order valence-corrected chi connectivity index (χ2v) is 5.93. The molecule has 0 aliphatic carbocycles. The van der Waals surface area contributed by atoms with E-state index in [2.05, 4.69) is 0 Å². The summed E-state index contributed by atoms with van der Waals surface area (Å²) in [5.74, 6) is -0.0475. The summed E-state index contributed by atoms with van der Waals surface area (Å²) in [6.07, 6.45) is 0.505. The average Bonchev–Trinajstić information content (AvgIpc) is 2.25. The maximum Gasteiger partial charge on any atom is 0.147 e. The lowest BCUT2D eigenvalue weighted by molar-refractivity contribution is 0.174. The van der Waals surface area contributed by atoms with Gasteiger partial charge in [0.2, 0.25) is 0 Å². The van der Waals surface area contributed by atoms with E-state index >= 15 is 0 Å². The summed E-state index contributed by atoms with van der Waals surface area (Å²) in [5, 5.41) is 18.3. The maximum absolute atomic E-state index is 10.9. The molecular weight excluding hydrogens is 226 g/mol. The molecule has 5 heteroatoms. The summed E-state index contributed by atoms with van der Waals surface area (Å²) in [6, 6.07) is 8.43. The minimum absolute atomic E-state index is 0.0475. The van der Waals surface area contributed by atoms with E-state index in [4.69, 9.17) is 5.26 Å². The summed E-state index contributed by atoms with van der Waals surface area (Å²) in [4.78, 5) is 0. The van der Waals surface area contributed by atoms with Crippen LogP contribution in [0.1, 0.15) is 23.7 Å². The maximum atomic E-state index is 10.9. The smallest absolute Gasteiger partial charge is 0.147 e. The third-order valence-corrected chi connectivity index (χ3v) is 3.16. The first kappa shape index (κ1) is 12.7. The fourth-order valence-corrected chi connectivity index (χ4v) is 1.92. The highest BCUT2D eigenvalue weighted by Crippen LogP contribution is 2.17. The van der Waals surface area contributed by atoms with Gasteiger partial charge in [-0.25, -0.2) is 8.42 Å². The van der Waals surface area contributed by atoms with Gasteiger partial charge in [-0.1, -0.05) is 12.1 Å². The van der Waals surface area contributed by atoms with Gasteiger partial charge in [0.15, 0.2) is 0 Å². The Balaban J connectivity index is 2.67. The van der Waals surface area contributed by atoms with Crippen molar-refractivity contribution in [3.63, 3.8) is 0 Å². The first-order valence-electron chi connectivity index (χ1n) is 4.78. The second-order valence-electron chi connectivity index (χ2n) is 3.67. The lowest BCUT2D eigenvalue weighted by Gasteiger charge is -2.09. The highest BCUT2D eigenvalue weighted by atomic mass is 32.2. The topological polar surface area (TPSA) is 78.2 Å². The molecule has 0 spiro atoms. The summed E-state index contributed by atoms with van der Waals surface area (Å²) in [5.41, 5.74) is 1.14. The molecule has 0 aliphatic rings. The summed E-state index contributed by atoms with van der Waals surface area (Å²) < 4.78 is 21.8. The van der Waals surface area contributed by atoms with Crippen molar-refractivity contribution in [2.45, 2.75) is 12.5 Å². The number of rotatable bonds is 4. The number of nitrogens with zero attached hydrogens (tertiary/aromatic N) is 1. The number of nitriles is 1. The van der Waals surface area contributed by atoms with E-state index in [1.54, 1.807) is 24.3 Å². The molecule has 0 saturated heterocycles. The van der Waals surface area contributed by atoms with Crippen LogP contribution in [0, 0.1) is 11.3 Å². The standard InChI is InChI=1S/C11H13NO3S/c1-16(14,15)7-6-11(13)10-4-2-9(8-12)3-5-10/h2-5,11,13H,6-7H2,1H3. The van der Waals surface area contributed by atoms with Gasteiger partial charge >= 0.3 is 0 Å². The number of sulfone groups is 1. The summed E-state index contributed by atoms with van der Waals surface area (Å²) in [7, 11) is -3.05. The molecule has 0 aliphatic heterocycles. The van der Waals surface area contributed by atoms with E-state index in [9.17, 15) is 13.5 Å². The van der Waals surface area contributed by atoms with Gasteiger partial charge in [0.1, 0.15) is 9.84 Å². The van der Waals surface area contributed by atoms with Crippen molar-refractivity contribution in [3.05, 3.63) is 35.4 Å². The van der Waals surface area contributed by atoms with Crippen molar-refractivity contribution in [3.8, 4) is 6.07 Å². The van der Waals surface area contributed by atoms with Crippen LogP contribution in [0.5, 0.6) is 0 Å². The lowest BCUT2D eigenvalue weighted by Crippen LogP contribution is -2.08. The molecule has 0 aromatic heterocycles. The Bertz CT molecular complexity index is 485. The van der Waals surface area contributed by atoms with Crippen LogP contribution in [-0.4, -0.2) is 25.5 Å². The highest BCUT2D eigenvalue weighted by molar-refractivity contribution is 7.90. The molecule has 1 rings (SSSR count). The molecule has 1 aromatic rings. The molecule has 1 atom stereocenters. The molecule has 1 N–H and O–H groups in total. The zero-order valence-corrected chi connectivity index (χ0v) is 9.74. The number of hydrogen-bond donors (Lipinski definition) is 1. The van der Waals surface area contributed by atoms with E-state index < -0.39 is 15.9 Å². The fraction of sp³-hybridized carbons (Fsp3) is 0.364. The Morgan fingerprint density at radius 2 is 1.94 bits per heavy atom. The third kappa shape index (κ3) is 4.01. The predicted octanol–water partition coefficient (Wildman–Crippen LogP) is 1.03. The van der Waals surface area contributed by atoms with Crippen LogP contribution in [0.2, 0.25) is 0 Å². The Kier molecular flexibility index (Phi) is 4.05. The normalized spacial score (nSPS) is 13.1. The van der Waals surface area contributed by atoms with Crippen LogP contribution < -0.4 is 0 Å². The van der Waals surface area contributed by atoms with Crippen LogP contribution in [0.25, 0.3) is 0 Å². The van der Waals surface area contributed by atoms with Gasteiger partial charge in [0.05, 0.1) is 23.5 Å². The monoisotopic (exact) mass is 239 g/mol. The number of hydrogen-bond acceptors (Lipinski definition) is 4. The minimum atomic E-state index is -3.05. The van der Waals surface area contributed by atoms with Crippen molar-refractivity contribution in [2.75, 3.05) is 12.0 Å². The quantitative estimate of drug-likeness (QED) is 0.851. The summed E-state index contributed by atoms with van der Waals surface area (Å²) >= 11 is 0. The minimum Gasteiger partial charge on any atom is -0.388 e. The zero-order chi connectivity index (χ0) is 12.2. The molecular formula is C11H13NO3S. The van der Waals surface area contributed by atoms with Crippen LogP contribution >= 0.6 is 0 Å². The van der Waals surface area contributed by atoms with E-state index in [0.717, 1.165) is 6.26 Å². The molecule has 0 heterocycles. The van der Waals surface area contributed by atoms with Gasteiger partial charge in [0, 0.05) is 6.26 Å². The number of aliphatic hydroxyl groups excluding tert-OH is 1. The van der Waals surface area contributed by atoms with Crippen molar-refractivity contribution in [2.24, 2.45) is 0 Å². The SMILES string of the molecule is CS(=O)(=O)CCC(O)c1ccc(C#N)cc1. The van der Waals surface area contributed by atoms with Crippen LogP contribution in [0.3, 0.4) is 0 Å². The zero-order valence-electron chi connectivity index (χ0n) is 8.92. The van der Waals surface area contributed by atoms with Crippen molar-refractivity contribution < 1.29 is 13.5 Å². The van der Waals surface area contributed by atoms with Gasteiger partial charge in [-0.3, -0.25) is 0 Å². The van der Waals surface area contributed by atoms with E-state index in [1.807, 2.05) is 6.07 Å². The first-order valence-corrected chi connectivity index (χ1v) is 6.84. The van der Waals surface area contributed by atoms with Crippen molar-refractivity contribution in [1.82, 2.24) is 0 Å². The molecule has 0 fully saturated rings. The predicted molar refractivity (Wildman–Crippen MR) is 60.4 cm³/mol. The van der Waals surface area contributed by atoms with E-state index in [1.165, 1.54) is 0 Å². The van der Waals surface area contributed by atoms with Gasteiger partial charge < -0.3 is 5.11 Å². The summed E-state index contributed by atoms with van der Waals surface area (Å²) in [6.45, 7) is 0. The third-order valence-electron chi connectivity index (χ3n) is 2.19. The molecule has 1 unspecified atom stereocenters. The van der Waals surface area contributed by atoms with Crippen LogP contribution in [0.15, 0.2) is 24.3 Å². The van der Waals surface area contributed by atoms with E-state index in [0.29, 0.717) is 11.1 Å². The Labute approximate surface area is 95.1 Å². The molecule has 0 bridgehead atoms. The van der Waals surface area contributed by atoms with Crippen molar-refractivity contribution in [1.29, 1.82) is 5.26 Å². The van der Waals surface area contributed by atoms with E-state index in [-0.39, 0.29) is 12.2 Å². The first-order chi connectivity index (χ1) is 7.42. The van der Waals surface area contributed by atoms with Crippen molar-refractivity contribution >= 4 is 9.84 Å². The molecule has 0 radical (unpaired) electrons. The fourth-order valence-electron chi connectivity index (χ4n) is 1.27. The molecule has 86 valence electrons. The Hall–Kier alpha value is -1.38. The second kappa shape index (κ2) is 5.10. The van der Waals surface area contributed by atoms with Gasteiger partial charge in [-0.05, 0) is 24.1 Å². The van der Waals surface area contributed by atoms with Gasteiger partial charge in [-0.2, -0.15) is 5.26 Å². The van der Waals surface area contributed by atoms with Crippen LogP contribution in [0.4, 0.5) is 0 Å². The number of aliphatic hydroxyl groups is 1. The lowest BCUT2D eigenvalue weighted by atomic mass is 10.1. The van der Waals surface area contributed by atoms with Gasteiger partial charge in [-0.15, -0.1) is 0 Å². The largest absolute Gasteiger partial charge is 0.388 e. The molecule has 0 saturated carbocycles. The Morgan fingerprint density at radius 1 is 1.38 bits per heavy atom. The molecule has 1 aromatic carbocycles. The van der Waals surface area contributed by atoms with Crippen LogP contribution in [-0.2, 0) is 9.84 Å².